The molecule has 0 aliphatic carbocycles. The summed E-state index contributed by atoms with van der Waals surface area (Å²) in [6.07, 6.45) is -0.905. The molecule has 4 aromatic rings. The van der Waals surface area contributed by atoms with Crippen molar-refractivity contribution in [3.63, 3.8) is 0 Å². The molecule has 30 heavy (non-hydrogen) atoms. The summed E-state index contributed by atoms with van der Waals surface area (Å²) in [7, 11) is 0. The van der Waals surface area contributed by atoms with Gasteiger partial charge >= 0.3 is 0 Å². The van der Waals surface area contributed by atoms with Crippen molar-refractivity contribution in [3.05, 3.63) is 102 Å². The standard InChI is InChI=1S/C24H22N2O3S/c27-21(17-30-24-26-25-23(29-24)20-14-8-3-9-15-20)16-28-22(18-10-4-1-5-11-18)19-12-6-2-7-13-19/h1-15,21-22,27H,16-17H2/t21-/m1/s1. The molecule has 0 bridgehead atoms. The van der Waals surface area contributed by atoms with E-state index >= 15 is 0 Å². The van der Waals surface area contributed by atoms with Gasteiger partial charge in [-0.15, -0.1) is 10.2 Å². The molecule has 3 aromatic carbocycles. The van der Waals surface area contributed by atoms with E-state index in [-0.39, 0.29) is 12.7 Å². The summed E-state index contributed by atoms with van der Waals surface area (Å²) in [5.74, 6) is 0.865. The molecule has 0 amide bonds. The van der Waals surface area contributed by atoms with E-state index in [9.17, 15) is 5.11 Å². The SMILES string of the molecule is O[C@H](COC(c1ccccc1)c1ccccc1)CSc1nnc(-c2ccccc2)o1. The zero-order valence-corrected chi connectivity index (χ0v) is 17.1. The maximum atomic E-state index is 10.4. The van der Waals surface area contributed by atoms with Gasteiger partial charge in [0.15, 0.2) is 0 Å². The number of aliphatic hydroxyl groups is 1. The van der Waals surface area contributed by atoms with Crippen LogP contribution in [0.5, 0.6) is 0 Å². The van der Waals surface area contributed by atoms with Gasteiger partial charge in [-0.2, -0.15) is 0 Å². The summed E-state index contributed by atoms with van der Waals surface area (Å²) >= 11 is 1.32. The molecule has 1 aromatic heterocycles. The van der Waals surface area contributed by atoms with Gasteiger partial charge in [-0.05, 0) is 23.3 Å². The lowest BCUT2D eigenvalue weighted by Gasteiger charge is -2.20. The van der Waals surface area contributed by atoms with Gasteiger partial charge < -0.3 is 14.3 Å². The Hall–Kier alpha value is -2.93. The van der Waals surface area contributed by atoms with Crippen LogP contribution in [0.1, 0.15) is 17.2 Å². The molecule has 0 saturated heterocycles. The largest absolute Gasteiger partial charge is 0.411 e. The van der Waals surface area contributed by atoms with Crippen molar-refractivity contribution in [1.29, 1.82) is 0 Å². The molecule has 1 atom stereocenters. The smallest absolute Gasteiger partial charge is 0.276 e. The zero-order chi connectivity index (χ0) is 20.6. The molecular formula is C24H22N2O3S. The lowest BCUT2D eigenvalue weighted by Crippen LogP contribution is -2.20. The van der Waals surface area contributed by atoms with Gasteiger partial charge in [0, 0.05) is 11.3 Å². The number of benzene rings is 3. The number of thioether (sulfide) groups is 1. The van der Waals surface area contributed by atoms with Crippen molar-refractivity contribution in [2.45, 2.75) is 17.4 Å². The molecular weight excluding hydrogens is 396 g/mol. The van der Waals surface area contributed by atoms with E-state index in [4.69, 9.17) is 9.15 Å². The third-order valence-corrected chi connectivity index (χ3v) is 5.45. The van der Waals surface area contributed by atoms with Gasteiger partial charge in [0.1, 0.15) is 6.10 Å². The predicted octanol–water partition coefficient (Wildman–Crippen LogP) is 5.00. The van der Waals surface area contributed by atoms with Crippen LogP contribution in [0.2, 0.25) is 0 Å². The highest BCUT2D eigenvalue weighted by molar-refractivity contribution is 7.99. The predicted molar refractivity (Wildman–Crippen MR) is 117 cm³/mol. The Morgan fingerprint density at radius 2 is 1.37 bits per heavy atom. The van der Waals surface area contributed by atoms with Gasteiger partial charge in [0.25, 0.3) is 5.22 Å². The minimum atomic E-state index is -0.669. The Balaban J connectivity index is 1.34. The fourth-order valence-corrected chi connectivity index (χ4v) is 3.70. The fraction of sp³-hybridized carbons (Fsp3) is 0.167. The summed E-state index contributed by atoms with van der Waals surface area (Å²) in [5.41, 5.74) is 2.97. The van der Waals surface area contributed by atoms with E-state index in [0.717, 1.165) is 16.7 Å². The average Bonchev–Trinajstić information content (AvgIpc) is 3.29. The van der Waals surface area contributed by atoms with Crippen molar-refractivity contribution in [3.8, 4) is 11.5 Å². The molecule has 0 aliphatic rings. The minimum absolute atomic E-state index is 0.196. The zero-order valence-electron chi connectivity index (χ0n) is 16.3. The van der Waals surface area contributed by atoms with Crippen LogP contribution in [-0.2, 0) is 4.74 Å². The third kappa shape index (κ3) is 5.36. The van der Waals surface area contributed by atoms with E-state index in [0.29, 0.717) is 16.9 Å². The number of nitrogens with zero attached hydrogens (tertiary/aromatic N) is 2. The number of ether oxygens (including phenoxy) is 1. The molecule has 0 unspecified atom stereocenters. The lowest BCUT2D eigenvalue weighted by atomic mass is 10.0. The van der Waals surface area contributed by atoms with E-state index in [2.05, 4.69) is 10.2 Å². The van der Waals surface area contributed by atoms with E-state index < -0.39 is 6.10 Å². The molecule has 0 aliphatic heterocycles. The summed E-state index contributed by atoms with van der Waals surface area (Å²) in [6, 6.07) is 29.6. The van der Waals surface area contributed by atoms with Crippen molar-refractivity contribution in [2.75, 3.05) is 12.4 Å². The highest BCUT2D eigenvalue weighted by atomic mass is 32.2. The van der Waals surface area contributed by atoms with Crippen LogP contribution in [0.3, 0.4) is 0 Å². The Labute approximate surface area is 179 Å². The quantitative estimate of drug-likeness (QED) is 0.386. The molecule has 6 heteroatoms. The van der Waals surface area contributed by atoms with Crippen molar-refractivity contribution in [2.24, 2.45) is 0 Å². The molecule has 4 rings (SSSR count). The number of rotatable bonds is 9. The number of hydrogen-bond donors (Lipinski definition) is 1. The summed E-state index contributed by atoms with van der Waals surface area (Å²) in [4.78, 5) is 0. The molecule has 1 N–H and O–H groups in total. The molecule has 5 nitrogen and oxygen atoms in total. The number of hydrogen-bond acceptors (Lipinski definition) is 6. The van der Waals surface area contributed by atoms with Gasteiger partial charge in [0.2, 0.25) is 5.89 Å². The van der Waals surface area contributed by atoms with Crippen LogP contribution in [-0.4, -0.2) is 33.8 Å². The maximum Gasteiger partial charge on any atom is 0.276 e. The van der Waals surface area contributed by atoms with Gasteiger partial charge in [-0.3, -0.25) is 0 Å². The first-order chi connectivity index (χ1) is 14.8. The minimum Gasteiger partial charge on any atom is -0.411 e. The summed E-state index contributed by atoms with van der Waals surface area (Å²) in [6.45, 7) is 0.196. The molecule has 1 heterocycles. The van der Waals surface area contributed by atoms with Crippen LogP contribution >= 0.6 is 11.8 Å². The summed E-state index contributed by atoms with van der Waals surface area (Å²) < 4.78 is 11.8. The van der Waals surface area contributed by atoms with E-state index in [1.165, 1.54) is 11.8 Å². The molecule has 0 fully saturated rings. The first-order valence-electron chi connectivity index (χ1n) is 9.71. The highest BCUT2D eigenvalue weighted by Gasteiger charge is 2.17. The van der Waals surface area contributed by atoms with E-state index in [1.807, 2.05) is 91.0 Å². The Morgan fingerprint density at radius 1 is 0.800 bits per heavy atom. The lowest BCUT2D eigenvalue weighted by molar-refractivity contribution is 0.0155. The fourth-order valence-electron chi connectivity index (χ4n) is 3.03. The third-order valence-electron chi connectivity index (χ3n) is 4.49. The molecule has 0 radical (unpaired) electrons. The van der Waals surface area contributed by atoms with Crippen molar-refractivity contribution >= 4 is 11.8 Å². The van der Waals surface area contributed by atoms with Crippen molar-refractivity contribution in [1.82, 2.24) is 10.2 Å². The molecule has 0 saturated carbocycles. The van der Waals surface area contributed by atoms with Gasteiger partial charge in [0.05, 0.1) is 12.7 Å². The topological polar surface area (TPSA) is 68.4 Å². The first kappa shape index (κ1) is 20.3. The van der Waals surface area contributed by atoms with Crippen LogP contribution in [0, 0.1) is 0 Å². The normalized spacial score (nSPS) is 12.2. The summed E-state index contributed by atoms with van der Waals surface area (Å²) in [5, 5.41) is 19.0. The van der Waals surface area contributed by atoms with Crippen LogP contribution in [0.4, 0.5) is 0 Å². The second-order valence-corrected chi connectivity index (χ2v) is 7.71. The molecule has 0 spiro atoms. The maximum absolute atomic E-state index is 10.4. The first-order valence-corrected chi connectivity index (χ1v) is 10.7. The van der Waals surface area contributed by atoms with Gasteiger partial charge in [-0.25, -0.2) is 0 Å². The average molecular weight is 419 g/mol. The van der Waals surface area contributed by atoms with Crippen molar-refractivity contribution < 1.29 is 14.3 Å². The van der Waals surface area contributed by atoms with Crippen LogP contribution in [0.25, 0.3) is 11.5 Å². The highest BCUT2D eigenvalue weighted by Crippen LogP contribution is 2.27. The second-order valence-electron chi connectivity index (χ2n) is 6.74. The second kappa shape index (κ2) is 10.2. The van der Waals surface area contributed by atoms with Crippen LogP contribution in [0.15, 0.2) is 101 Å². The van der Waals surface area contributed by atoms with Gasteiger partial charge in [-0.1, -0.05) is 90.6 Å². The Bertz CT molecular complexity index is 987. The Morgan fingerprint density at radius 3 is 1.97 bits per heavy atom. The van der Waals surface area contributed by atoms with E-state index in [1.54, 1.807) is 0 Å². The Kier molecular flexibility index (Phi) is 6.92. The number of aromatic nitrogens is 2. The van der Waals surface area contributed by atoms with Crippen LogP contribution < -0.4 is 0 Å². The molecule has 152 valence electrons. The number of aliphatic hydroxyl groups excluding tert-OH is 1. The monoisotopic (exact) mass is 418 g/mol.